The van der Waals surface area contributed by atoms with E-state index in [0.29, 0.717) is 0 Å². The van der Waals surface area contributed by atoms with Crippen molar-refractivity contribution in [3.05, 3.63) is 194 Å². The Labute approximate surface area is 306 Å². The van der Waals surface area contributed by atoms with Crippen molar-refractivity contribution in [2.24, 2.45) is 0 Å². The molecule has 2 heterocycles. The second-order valence-electron chi connectivity index (χ2n) is 13.7. The highest BCUT2D eigenvalue weighted by molar-refractivity contribution is 6.23. The highest BCUT2D eigenvalue weighted by Crippen LogP contribution is 2.48. The minimum atomic E-state index is 0.865. The Morgan fingerprint density at radius 3 is 1.91 bits per heavy atom. The number of furan rings is 1. The van der Waals surface area contributed by atoms with Crippen LogP contribution >= 0.6 is 0 Å². The van der Waals surface area contributed by atoms with Crippen LogP contribution in [-0.2, 0) is 0 Å². The summed E-state index contributed by atoms with van der Waals surface area (Å²) in [5, 5.41) is 9.45. The van der Waals surface area contributed by atoms with E-state index in [4.69, 9.17) is 4.42 Å². The summed E-state index contributed by atoms with van der Waals surface area (Å²) < 4.78 is 9.29. The van der Waals surface area contributed by atoms with Crippen molar-refractivity contribution < 1.29 is 4.42 Å². The van der Waals surface area contributed by atoms with Crippen molar-refractivity contribution >= 4 is 82.4 Å². The Morgan fingerprint density at radius 1 is 0.396 bits per heavy atom. The van der Waals surface area contributed by atoms with Gasteiger partial charge in [-0.1, -0.05) is 133 Å². The third-order valence-electron chi connectivity index (χ3n) is 10.7. The Hall–Kier alpha value is -7.10. The summed E-state index contributed by atoms with van der Waals surface area (Å²) in [4.78, 5) is 2.38. The maximum Gasteiger partial charge on any atom is 0.159 e. The number of hydrogen-bond donors (Lipinski definition) is 0. The van der Waals surface area contributed by atoms with Crippen LogP contribution in [0.15, 0.2) is 199 Å². The van der Waals surface area contributed by atoms with Crippen LogP contribution in [0.25, 0.3) is 82.1 Å². The summed E-state index contributed by atoms with van der Waals surface area (Å²) in [6.45, 7) is 0. The first-order valence-electron chi connectivity index (χ1n) is 18.1. The van der Waals surface area contributed by atoms with E-state index in [9.17, 15) is 0 Å². The zero-order chi connectivity index (χ0) is 34.9. The molecule has 0 bridgehead atoms. The van der Waals surface area contributed by atoms with Crippen molar-refractivity contribution in [3.63, 3.8) is 0 Å². The fourth-order valence-electron chi connectivity index (χ4n) is 8.37. The second-order valence-corrected chi connectivity index (χ2v) is 13.7. The molecule has 0 N–H and O–H groups in total. The SMILES string of the molecule is c1ccc(-c2cccc(-n3c4cc5ccccc5cc4c4c(N(c5ccccc5)c5cccc6c5oc5ccc7ccccc7c56)cccc43)c2)cc1. The van der Waals surface area contributed by atoms with Crippen LogP contribution in [0.4, 0.5) is 17.1 Å². The van der Waals surface area contributed by atoms with Crippen molar-refractivity contribution in [1.29, 1.82) is 0 Å². The minimum Gasteiger partial charge on any atom is -0.454 e. The Kier molecular flexibility index (Phi) is 6.55. The summed E-state index contributed by atoms with van der Waals surface area (Å²) in [6.07, 6.45) is 0. The van der Waals surface area contributed by atoms with Gasteiger partial charge in [-0.25, -0.2) is 0 Å². The highest BCUT2D eigenvalue weighted by atomic mass is 16.3. The number of hydrogen-bond acceptors (Lipinski definition) is 2. The molecule has 0 fully saturated rings. The Balaban J connectivity index is 1.24. The smallest absolute Gasteiger partial charge is 0.159 e. The molecule has 11 aromatic rings. The third-order valence-corrected chi connectivity index (χ3v) is 10.7. The summed E-state index contributed by atoms with van der Waals surface area (Å²) in [5.74, 6) is 0. The van der Waals surface area contributed by atoms with Gasteiger partial charge in [-0.3, -0.25) is 0 Å². The molecule has 0 saturated heterocycles. The van der Waals surface area contributed by atoms with E-state index >= 15 is 0 Å². The quantitative estimate of drug-likeness (QED) is 0.181. The van der Waals surface area contributed by atoms with E-state index in [1.165, 1.54) is 43.4 Å². The molecule has 0 unspecified atom stereocenters. The van der Waals surface area contributed by atoms with E-state index in [-0.39, 0.29) is 0 Å². The van der Waals surface area contributed by atoms with Crippen molar-refractivity contribution in [1.82, 2.24) is 4.57 Å². The molecule has 3 heteroatoms. The molecule has 0 radical (unpaired) electrons. The normalized spacial score (nSPS) is 11.8. The Bertz CT molecular complexity index is 3170. The number of anilines is 3. The predicted molar refractivity (Wildman–Crippen MR) is 223 cm³/mol. The van der Waals surface area contributed by atoms with E-state index in [0.717, 1.165) is 55.7 Å². The van der Waals surface area contributed by atoms with Gasteiger partial charge in [0.1, 0.15) is 5.58 Å². The number of aromatic nitrogens is 1. The Morgan fingerprint density at radius 2 is 1.06 bits per heavy atom. The highest BCUT2D eigenvalue weighted by Gasteiger charge is 2.24. The topological polar surface area (TPSA) is 21.3 Å². The largest absolute Gasteiger partial charge is 0.454 e. The molecule has 0 aliphatic rings. The lowest BCUT2D eigenvalue weighted by atomic mass is 10.0. The number of nitrogens with zero attached hydrogens (tertiary/aromatic N) is 2. The molecule has 0 saturated carbocycles. The van der Waals surface area contributed by atoms with Gasteiger partial charge < -0.3 is 13.9 Å². The van der Waals surface area contributed by atoms with Crippen molar-refractivity contribution in [2.45, 2.75) is 0 Å². The molecule has 2 aromatic heterocycles. The van der Waals surface area contributed by atoms with Gasteiger partial charge >= 0.3 is 0 Å². The van der Waals surface area contributed by atoms with E-state index < -0.39 is 0 Å². The average Bonchev–Trinajstić information content (AvgIpc) is 3.77. The fraction of sp³-hybridized carbons (Fsp3) is 0. The van der Waals surface area contributed by atoms with Crippen LogP contribution in [0.3, 0.4) is 0 Å². The van der Waals surface area contributed by atoms with Gasteiger partial charge in [0.15, 0.2) is 5.58 Å². The molecular weight excluding hydrogens is 645 g/mol. The zero-order valence-electron chi connectivity index (χ0n) is 28.8. The van der Waals surface area contributed by atoms with E-state index in [1.54, 1.807) is 0 Å². The predicted octanol–water partition coefficient (Wildman–Crippen LogP) is 14.1. The van der Waals surface area contributed by atoms with Gasteiger partial charge in [-0.05, 0) is 93.3 Å². The first kappa shape index (κ1) is 29.6. The lowest BCUT2D eigenvalue weighted by Gasteiger charge is -2.26. The molecule has 0 aliphatic heterocycles. The molecule has 11 rings (SSSR count). The molecular formula is C50H32N2O. The zero-order valence-corrected chi connectivity index (χ0v) is 28.8. The lowest BCUT2D eigenvalue weighted by Crippen LogP contribution is -2.10. The van der Waals surface area contributed by atoms with Crippen LogP contribution in [0, 0.1) is 0 Å². The standard InChI is InChI=1S/C50H32N2O/c1-3-14-33(15-4-1)35-19-11-22-39(30-35)52-44-26-13-25-43(49(44)42-31-36-17-7-8-18-37(36)32-46(42)52)51(38-20-5-2-6-21-38)45-27-12-24-41-48-40-23-10-9-16-34(40)28-29-47(48)53-50(41)45/h1-32H. The van der Waals surface area contributed by atoms with Gasteiger partial charge in [0, 0.05) is 32.9 Å². The van der Waals surface area contributed by atoms with E-state index in [2.05, 4.69) is 204 Å². The second kappa shape index (κ2) is 11.7. The number of benzene rings is 9. The van der Waals surface area contributed by atoms with E-state index in [1.807, 2.05) is 0 Å². The van der Waals surface area contributed by atoms with Gasteiger partial charge in [0.25, 0.3) is 0 Å². The number of para-hydroxylation sites is 2. The van der Waals surface area contributed by atoms with Crippen LogP contribution < -0.4 is 4.90 Å². The third kappa shape index (κ3) is 4.61. The molecule has 3 nitrogen and oxygen atoms in total. The van der Waals surface area contributed by atoms with Crippen molar-refractivity contribution in [3.8, 4) is 16.8 Å². The monoisotopic (exact) mass is 676 g/mol. The molecule has 0 atom stereocenters. The molecule has 0 amide bonds. The maximum absolute atomic E-state index is 6.86. The lowest BCUT2D eigenvalue weighted by molar-refractivity contribution is 0.669. The van der Waals surface area contributed by atoms with Crippen LogP contribution in [0.1, 0.15) is 0 Å². The van der Waals surface area contributed by atoms with Crippen LogP contribution in [0.2, 0.25) is 0 Å². The summed E-state index contributed by atoms with van der Waals surface area (Å²) >= 11 is 0. The first-order chi connectivity index (χ1) is 26.3. The first-order valence-corrected chi connectivity index (χ1v) is 18.1. The fourth-order valence-corrected chi connectivity index (χ4v) is 8.37. The van der Waals surface area contributed by atoms with Gasteiger partial charge in [0.05, 0.1) is 22.4 Å². The summed E-state index contributed by atoms with van der Waals surface area (Å²) in [6, 6.07) is 69.7. The summed E-state index contributed by atoms with van der Waals surface area (Å²) in [5.41, 5.74) is 10.7. The molecule has 248 valence electrons. The van der Waals surface area contributed by atoms with Gasteiger partial charge in [0.2, 0.25) is 0 Å². The molecule has 0 aliphatic carbocycles. The van der Waals surface area contributed by atoms with Crippen LogP contribution in [0.5, 0.6) is 0 Å². The minimum absolute atomic E-state index is 0.865. The van der Waals surface area contributed by atoms with Crippen molar-refractivity contribution in [2.75, 3.05) is 4.90 Å². The number of rotatable bonds is 5. The number of fused-ring (bicyclic) bond motifs is 9. The van der Waals surface area contributed by atoms with Gasteiger partial charge in [-0.2, -0.15) is 0 Å². The molecule has 0 spiro atoms. The van der Waals surface area contributed by atoms with Crippen LogP contribution in [-0.4, -0.2) is 4.57 Å². The van der Waals surface area contributed by atoms with Gasteiger partial charge in [-0.15, -0.1) is 0 Å². The summed E-state index contributed by atoms with van der Waals surface area (Å²) in [7, 11) is 0. The average molecular weight is 677 g/mol. The molecule has 9 aromatic carbocycles. The maximum atomic E-state index is 6.86. The molecule has 53 heavy (non-hydrogen) atoms.